The Labute approximate surface area is 138 Å². The van der Waals surface area contributed by atoms with E-state index < -0.39 is 0 Å². The van der Waals surface area contributed by atoms with Crippen LogP contribution in [-0.4, -0.2) is 19.6 Å². The first-order valence-electron chi connectivity index (χ1n) is 8.34. The minimum absolute atomic E-state index is 0.697. The quantitative estimate of drug-likeness (QED) is 0.756. The van der Waals surface area contributed by atoms with Crippen LogP contribution in [0.5, 0.6) is 0 Å². The molecule has 3 heteroatoms. The second-order valence-electron chi connectivity index (χ2n) is 6.69. The van der Waals surface area contributed by atoms with Gasteiger partial charge in [0.15, 0.2) is 0 Å². The Bertz CT molecular complexity index is 445. The molecule has 2 rings (SSSR count). The fourth-order valence-electron chi connectivity index (χ4n) is 3.08. The third-order valence-corrected chi connectivity index (χ3v) is 4.99. The van der Waals surface area contributed by atoms with E-state index in [9.17, 15) is 0 Å². The summed E-state index contributed by atoms with van der Waals surface area (Å²) in [6.07, 6.45) is 4.03. The standard InChI is InChI=1S/C18H29BrN2/c1-4-5-15-8-9-21(13-15)17-7-6-16(18(19)10-17)12-20-11-14(2)3/h6-7,10,14-15,20H,4-5,8-9,11-13H2,1-3H3. The van der Waals surface area contributed by atoms with Crippen LogP contribution in [0.4, 0.5) is 5.69 Å². The molecular weight excluding hydrogens is 324 g/mol. The lowest BCUT2D eigenvalue weighted by Crippen LogP contribution is -2.21. The molecule has 1 aliphatic heterocycles. The molecule has 1 aliphatic rings. The number of anilines is 1. The monoisotopic (exact) mass is 352 g/mol. The maximum Gasteiger partial charge on any atom is 0.0377 e. The Kier molecular flexibility index (Phi) is 6.56. The third-order valence-electron chi connectivity index (χ3n) is 4.25. The van der Waals surface area contributed by atoms with Crippen molar-refractivity contribution in [3.63, 3.8) is 0 Å². The van der Waals surface area contributed by atoms with Crippen LogP contribution in [0.25, 0.3) is 0 Å². The van der Waals surface area contributed by atoms with Gasteiger partial charge in [-0.1, -0.05) is 49.2 Å². The van der Waals surface area contributed by atoms with Crippen LogP contribution in [0.3, 0.4) is 0 Å². The van der Waals surface area contributed by atoms with Gasteiger partial charge in [-0.2, -0.15) is 0 Å². The largest absolute Gasteiger partial charge is 0.371 e. The average Bonchev–Trinajstić information content (AvgIpc) is 2.89. The minimum atomic E-state index is 0.697. The van der Waals surface area contributed by atoms with Crippen LogP contribution < -0.4 is 10.2 Å². The summed E-state index contributed by atoms with van der Waals surface area (Å²) in [5, 5.41) is 3.51. The molecule has 0 aliphatic carbocycles. The summed E-state index contributed by atoms with van der Waals surface area (Å²) >= 11 is 3.74. The summed E-state index contributed by atoms with van der Waals surface area (Å²) in [5.41, 5.74) is 2.72. The lowest BCUT2D eigenvalue weighted by molar-refractivity contribution is 0.530. The normalized spacial score (nSPS) is 18.7. The Hall–Kier alpha value is -0.540. The number of halogens is 1. The molecule has 1 fully saturated rings. The first-order chi connectivity index (χ1) is 10.1. The van der Waals surface area contributed by atoms with E-state index in [1.807, 2.05) is 0 Å². The van der Waals surface area contributed by atoms with Gasteiger partial charge in [-0.25, -0.2) is 0 Å². The Morgan fingerprint density at radius 1 is 1.38 bits per heavy atom. The zero-order chi connectivity index (χ0) is 15.2. The van der Waals surface area contributed by atoms with Gasteiger partial charge in [0.05, 0.1) is 0 Å². The molecule has 1 N–H and O–H groups in total. The first kappa shape index (κ1) is 16.8. The predicted molar refractivity (Wildman–Crippen MR) is 95.9 cm³/mol. The molecule has 0 radical (unpaired) electrons. The zero-order valence-corrected chi connectivity index (χ0v) is 15.2. The molecule has 21 heavy (non-hydrogen) atoms. The maximum atomic E-state index is 3.74. The summed E-state index contributed by atoms with van der Waals surface area (Å²) < 4.78 is 1.23. The summed E-state index contributed by atoms with van der Waals surface area (Å²) in [5.74, 6) is 1.59. The van der Waals surface area contributed by atoms with Crippen molar-refractivity contribution in [3.05, 3.63) is 28.2 Å². The van der Waals surface area contributed by atoms with Gasteiger partial charge >= 0.3 is 0 Å². The molecule has 118 valence electrons. The molecule has 1 aromatic rings. The Morgan fingerprint density at radius 3 is 2.86 bits per heavy atom. The van der Waals surface area contributed by atoms with Crippen molar-refractivity contribution in [2.75, 3.05) is 24.5 Å². The minimum Gasteiger partial charge on any atom is -0.371 e. The number of benzene rings is 1. The molecule has 1 aromatic carbocycles. The van der Waals surface area contributed by atoms with Crippen LogP contribution in [0.1, 0.15) is 45.6 Å². The molecule has 2 nitrogen and oxygen atoms in total. The predicted octanol–water partition coefficient (Wildman–Crippen LogP) is 4.82. The fourth-order valence-corrected chi connectivity index (χ4v) is 3.59. The van der Waals surface area contributed by atoms with Crippen molar-refractivity contribution in [1.29, 1.82) is 0 Å². The Morgan fingerprint density at radius 2 is 2.19 bits per heavy atom. The van der Waals surface area contributed by atoms with Gasteiger partial charge in [-0.15, -0.1) is 0 Å². The van der Waals surface area contributed by atoms with Crippen LogP contribution in [0.2, 0.25) is 0 Å². The molecular formula is C18H29BrN2. The fraction of sp³-hybridized carbons (Fsp3) is 0.667. The van der Waals surface area contributed by atoms with Crippen molar-refractivity contribution in [3.8, 4) is 0 Å². The van der Waals surface area contributed by atoms with Crippen LogP contribution >= 0.6 is 15.9 Å². The lowest BCUT2D eigenvalue weighted by atomic mass is 10.0. The van der Waals surface area contributed by atoms with Crippen molar-refractivity contribution in [2.45, 2.75) is 46.6 Å². The van der Waals surface area contributed by atoms with Gasteiger partial charge in [0, 0.05) is 29.8 Å². The van der Waals surface area contributed by atoms with E-state index in [0.717, 1.165) is 19.0 Å². The molecule has 0 spiro atoms. The highest BCUT2D eigenvalue weighted by Gasteiger charge is 2.22. The highest BCUT2D eigenvalue weighted by molar-refractivity contribution is 9.10. The van der Waals surface area contributed by atoms with Crippen LogP contribution in [0, 0.1) is 11.8 Å². The van der Waals surface area contributed by atoms with Crippen molar-refractivity contribution in [1.82, 2.24) is 5.32 Å². The van der Waals surface area contributed by atoms with Crippen LogP contribution in [-0.2, 0) is 6.54 Å². The summed E-state index contributed by atoms with van der Waals surface area (Å²) in [7, 11) is 0. The second-order valence-corrected chi connectivity index (χ2v) is 7.54. The summed E-state index contributed by atoms with van der Waals surface area (Å²) in [4.78, 5) is 2.54. The summed E-state index contributed by atoms with van der Waals surface area (Å²) in [6.45, 7) is 11.2. The van der Waals surface area contributed by atoms with Gasteiger partial charge in [-0.05, 0) is 48.9 Å². The molecule has 1 atom stereocenters. The number of nitrogens with zero attached hydrogens (tertiary/aromatic N) is 1. The van der Waals surface area contributed by atoms with E-state index in [1.54, 1.807) is 0 Å². The lowest BCUT2D eigenvalue weighted by Gasteiger charge is -2.20. The average molecular weight is 353 g/mol. The molecule has 1 heterocycles. The topological polar surface area (TPSA) is 15.3 Å². The highest BCUT2D eigenvalue weighted by Crippen LogP contribution is 2.29. The molecule has 0 bridgehead atoms. The zero-order valence-electron chi connectivity index (χ0n) is 13.7. The van der Waals surface area contributed by atoms with E-state index in [4.69, 9.17) is 0 Å². The van der Waals surface area contributed by atoms with Gasteiger partial charge in [0.25, 0.3) is 0 Å². The Balaban J connectivity index is 1.93. The maximum absolute atomic E-state index is 3.74. The van der Waals surface area contributed by atoms with Gasteiger partial charge in [0.1, 0.15) is 0 Å². The molecule has 0 aromatic heterocycles. The van der Waals surface area contributed by atoms with E-state index in [0.29, 0.717) is 5.92 Å². The number of nitrogens with one attached hydrogen (secondary N) is 1. The second kappa shape index (κ2) is 8.19. The van der Waals surface area contributed by atoms with Crippen LogP contribution in [0.15, 0.2) is 22.7 Å². The molecule has 0 amide bonds. The van der Waals surface area contributed by atoms with Gasteiger partial charge < -0.3 is 10.2 Å². The number of rotatable bonds is 7. The van der Waals surface area contributed by atoms with Crippen molar-refractivity contribution < 1.29 is 0 Å². The first-order valence-corrected chi connectivity index (χ1v) is 9.13. The van der Waals surface area contributed by atoms with Crippen molar-refractivity contribution >= 4 is 21.6 Å². The highest BCUT2D eigenvalue weighted by atomic mass is 79.9. The van der Waals surface area contributed by atoms with Gasteiger partial charge in [-0.3, -0.25) is 0 Å². The smallest absolute Gasteiger partial charge is 0.0377 e. The number of hydrogen-bond donors (Lipinski definition) is 1. The van der Waals surface area contributed by atoms with Gasteiger partial charge in [0.2, 0.25) is 0 Å². The third kappa shape index (κ3) is 5.00. The SMILES string of the molecule is CCCC1CCN(c2ccc(CNCC(C)C)c(Br)c2)C1. The molecule has 0 saturated carbocycles. The van der Waals surface area contributed by atoms with Crippen molar-refractivity contribution in [2.24, 2.45) is 11.8 Å². The molecule has 1 saturated heterocycles. The van der Waals surface area contributed by atoms with E-state index in [1.165, 1.54) is 48.1 Å². The van der Waals surface area contributed by atoms with E-state index in [-0.39, 0.29) is 0 Å². The van der Waals surface area contributed by atoms with E-state index in [2.05, 4.69) is 65.1 Å². The van der Waals surface area contributed by atoms with E-state index >= 15 is 0 Å². The number of hydrogen-bond acceptors (Lipinski definition) is 2. The summed E-state index contributed by atoms with van der Waals surface area (Å²) in [6, 6.07) is 6.84. The molecule has 1 unspecified atom stereocenters.